The fraction of sp³-hybridized carbons (Fsp3) is 0.545. The third-order valence-electron chi connectivity index (χ3n) is 2.36. The maximum absolute atomic E-state index is 10.7. The minimum Gasteiger partial charge on any atom is -0.456 e. The van der Waals surface area contributed by atoms with Crippen LogP contribution < -0.4 is 5.73 Å². The van der Waals surface area contributed by atoms with Gasteiger partial charge in [-0.2, -0.15) is 0 Å². The van der Waals surface area contributed by atoms with Crippen molar-refractivity contribution in [3.63, 3.8) is 0 Å². The zero-order chi connectivity index (χ0) is 12.0. The van der Waals surface area contributed by atoms with Crippen LogP contribution >= 0.6 is 0 Å². The predicted octanol–water partition coefficient (Wildman–Crippen LogP) is 1.05. The summed E-state index contributed by atoms with van der Waals surface area (Å²) in [6.45, 7) is 1.08. The van der Waals surface area contributed by atoms with Crippen molar-refractivity contribution in [1.29, 1.82) is 0 Å². The van der Waals surface area contributed by atoms with Gasteiger partial charge in [0.2, 0.25) is 0 Å². The number of nitrogens with two attached hydrogens (primary N) is 1. The van der Waals surface area contributed by atoms with Crippen LogP contribution in [-0.2, 0) is 22.3 Å². The number of rotatable bonds is 7. The molecule has 1 aromatic rings. The van der Waals surface area contributed by atoms with Gasteiger partial charge < -0.3 is 19.6 Å². The fourth-order valence-corrected chi connectivity index (χ4v) is 1.51. The van der Waals surface area contributed by atoms with E-state index in [1.54, 1.807) is 14.2 Å². The van der Waals surface area contributed by atoms with Crippen molar-refractivity contribution in [3.8, 4) is 0 Å². The van der Waals surface area contributed by atoms with Crippen LogP contribution in [0.15, 0.2) is 4.42 Å². The molecule has 1 heterocycles. The van der Waals surface area contributed by atoms with Gasteiger partial charge in [0.05, 0.1) is 18.9 Å². The highest BCUT2D eigenvalue weighted by Crippen LogP contribution is 2.25. The van der Waals surface area contributed by atoms with Crippen molar-refractivity contribution < 1.29 is 18.7 Å². The monoisotopic (exact) mass is 227 g/mol. The van der Waals surface area contributed by atoms with Gasteiger partial charge in [0, 0.05) is 32.6 Å². The van der Waals surface area contributed by atoms with E-state index in [1.807, 2.05) is 0 Å². The Morgan fingerprint density at radius 2 is 1.88 bits per heavy atom. The molecule has 1 aromatic heterocycles. The second-order valence-corrected chi connectivity index (χ2v) is 3.39. The number of nitrogen functional groups attached to an aromatic ring is 1. The molecule has 0 saturated heterocycles. The average molecular weight is 227 g/mol. The highest BCUT2D eigenvalue weighted by atomic mass is 16.5. The molecule has 0 aliphatic rings. The normalized spacial score (nSPS) is 10.6. The van der Waals surface area contributed by atoms with Crippen molar-refractivity contribution in [2.24, 2.45) is 0 Å². The minimum absolute atomic E-state index is 0.192. The fourth-order valence-electron chi connectivity index (χ4n) is 1.51. The minimum atomic E-state index is 0.192. The van der Waals surface area contributed by atoms with Gasteiger partial charge in [-0.05, 0) is 0 Å². The first kappa shape index (κ1) is 12.7. The molecule has 0 saturated carbocycles. The Labute approximate surface area is 94.5 Å². The third kappa shape index (κ3) is 2.84. The summed E-state index contributed by atoms with van der Waals surface area (Å²) in [6.07, 6.45) is 1.87. The molecule has 5 nitrogen and oxygen atoms in total. The first-order valence-electron chi connectivity index (χ1n) is 5.07. The molecule has 1 rings (SSSR count). The topological polar surface area (TPSA) is 74.7 Å². The summed E-state index contributed by atoms with van der Waals surface area (Å²) < 4.78 is 15.3. The van der Waals surface area contributed by atoms with E-state index < -0.39 is 0 Å². The summed E-state index contributed by atoms with van der Waals surface area (Å²) in [5.41, 5.74) is 7.07. The Morgan fingerprint density at radius 3 is 2.44 bits per heavy atom. The van der Waals surface area contributed by atoms with Gasteiger partial charge in [0.15, 0.2) is 12.0 Å². The number of aldehydes is 1. The third-order valence-corrected chi connectivity index (χ3v) is 2.36. The summed E-state index contributed by atoms with van der Waals surface area (Å²) in [5.74, 6) is 0.899. The molecule has 5 heteroatoms. The van der Waals surface area contributed by atoms with Gasteiger partial charge in [-0.15, -0.1) is 0 Å². The van der Waals surface area contributed by atoms with E-state index in [-0.39, 0.29) is 5.76 Å². The Balaban J connectivity index is 2.89. The lowest BCUT2D eigenvalue weighted by atomic mass is 10.1. The van der Waals surface area contributed by atoms with Crippen LogP contribution in [-0.4, -0.2) is 33.7 Å². The number of methoxy groups -OCH3 is 2. The number of ether oxygens (including phenoxy) is 2. The molecule has 0 aromatic carbocycles. The van der Waals surface area contributed by atoms with Crippen LogP contribution in [0.3, 0.4) is 0 Å². The maximum Gasteiger partial charge on any atom is 0.189 e. The quantitative estimate of drug-likeness (QED) is 0.705. The van der Waals surface area contributed by atoms with E-state index >= 15 is 0 Å². The highest BCUT2D eigenvalue weighted by molar-refractivity contribution is 5.81. The lowest BCUT2D eigenvalue weighted by Crippen LogP contribution is -2.02. The van der Waals surface area contributed by atoms with Crippen LogP contribution in [0.1, 0.15) is 21.9 Å². The van der Waals surface area contributed by atoms with E-state index in [4.69, 9.17) is 19.6 Å². The molecule has 90 valence electrons. The van der Waals surface area contributed by atoms with Crippen LogP contribution in [0.4, 0.5) is 5.69 Å². The second-order valence-electron chi connectivity index (χ2n) is 3.39. The van der Waals surface area contributed by atoms with Gasteiger partial charge in [-0.3, -0.25) is 4.79 Å². The van der Waals surface area contributed by atoms with E-state index in [1.165, 1.54) is 0 Å². The number of carbonyl (C=O) groups is 1. The van der Waals surface area contributed by atoms with Gasteiger partial charge in [0.1, 0.15) is 5.76 Å². The molecule has 0 aliphatic carbocycles. The first-order chi connectivity index (χ1) is 7.74. The van der Waals surface area contributed by atoms with Gasteiger partial charge >= 0.3 is 0 Å². The molecule has 16 heavy (non-hydrogen) atoms. The van der Waals surface area contributed by atoms with Gasteiger partial charge in [-0.1, -0.05) is 0 Å². The van der Waals surface area contributed by atoms with Crippen molar-refractivity contribution >= 4 is 12.0 Å². The van der Waals surface area contributed by atoms with Crippen molar-refractivity contribution in [1.82, 2.24) is 0 Å². The molecule has 0 bridgehead atoms. The zero-order valence-electron chi connectivity index (χ0n) is 9.62. The van der Waals surface area contributed by atoms with E-state index in [9.17, 15) is 4.79 Å². The zero-order valence-corrected chi connectivity index (χ0v) is 9.62. The van der Waals surface area contributed by atoms with Crippen molar-refractivity contribution in [2.45, 2.75) is 12.8 Å². The first-order valence-corrected chi connectivity index (χ1v) is 5.07. The smallest absolute Gasteiger partial charge is 0.189 e. The van der Waals surface area contributed by atoms with Crippen LogP contribution in [0.5, 0.6) is 0 Å². The summed E-state index contributed by atoms with van der Waals surface area (Å²) >= 11 is 0. The average Bonchev–Trinajstić information content (AvgIpc) is 2.60. The Bertz CT molecular complexity index is 346. The Hall–Kier alpha value is -1.33. The highest BCUT2D eigenvalue weighted by Gasteiger charge is 2.16. The Morgan fingerprint density at radius 1 is 1.25 bits per heavy atom. The largest absolute Gasteiger partial charge is 0.456 e. The molecule has 0 amide bonds. The molecule has 0 atom stereocenters. The number of carbonyl (C=O) groups excluding carboxylic acids is 1. The summed E-state index contributed by atoms with van der Waals surface area (Å²) in [5, 5.41) is 0. The van der Waals surface area contributed by atoms with E-state index in [2.05, 4.69) is 0 Å². The van der Waals surface area contributed by atoms with Crippen molar-refractivity contribution in [3.05, 3.63) is 17.1 Å². The van der Waals surface area contributed by atoms with E-state index in [0.717, 1.165) is 5.56 Å². The molecule has 0 fully saturated rings. The van der Waals surface area contributed by atoms with Gasteiger partial charge in [0.25, 0.3) is 0 Å². The number of furan rings is 1. The number of anilines is 1. The number of hydrogen-bond donors (Lipinski definition) is 1. The summed E-state index contributed by atoms with van der Waals surface area (Å²) in [7, 11) is 3.23. The molecular formula is C11H17NO4. The standard InChI is InChI=1S/C11H17NO4/c1-14-5-3-8-9(4-6-15-2)16-10(7-13)11(8)12/h7H,3-6,12H2,1-2H3. The SMILES string of the molecule is COCCc1oc(C=O)c(N)c1CCOC. The molecule has 2 N–H and O–H groups in total. The van der Waals surface area contributed by atoms with Gasteiger partial charge in [-0.25, -0.2) is 0 Å². The Kier molecular flexibility index (Phi) is 5.01. The van der Waals surface area contributed by atoms with Crippen LogP contribution in [0, 0.1) is 0 Å². The van der Waals surface area contributed by atoms with Crippen molar-refractivity contribution in [2.75, 3.05) is 33.2 Å². The molecule has 0 spiro atoms. The maximum atomic E-state index is 10.7. The second kappa shape index (κ2) is 6.30. The molecule has 0 radical (unpaired) electrons. The summed E-state index contributed by atoms with van der Waals surface area (Å²) in [6, 6.07) is 0. The van der Waals surface area contributed by atoms with Crippen LogP contribution in [0.25, 0.3) is 0 Å². The molecular weight excluding hydrogens is 210 g/mol. The summed E-state index contributed by atoms with van der Waals surface area (Å²) in [4.78, 5) is 10.7. The lowest BCUT2D eigenvalue weighted by Gasteiger charge is -2.02. The lowest BCUT2D eigenvalue weighted by molar-refractivity contribution is 0.109. The molecule has 0 unspecified atom stereocenters. The predicted molar refractivity (Wildman–Crippen MR) is 59.7 cm³/mol. The molecule has 0 aliphatic heterocycles. The van der Waals surface area contributed by atoms with Crippen LogP contribution in [0.2, 0.25) is 0 Å². The number of hydrogen-bond acceptors (Lipinski definition) is 5. The van der Waals surface area contributed by atoms with E-state index in [0.29, 0.717) is 43.8 Å².